The molecule has 2 N–H and O–H groups in total. The first kappa shape index (κ1) is 20.0. The summed E-state index contributed by atoms with van der Waals surface area (Å²) in [4.78, 5) is 26.5. The van der Waals surface area contributed by atoms with Gasteiger partial charge < -0.3 is 15.0 Å². The number of imidazole rings is 1. The molecule has 0 saturated carbocycles. The van der Waals surface area contributed by atoms with E-state index in [0.717, 1.165) is 33.6 Å². The van der Waals surface area contributed by atoms with Crippen molar-refractivity contribution in [1.29, 1.82) is 0 Å². The minimum absolute atomic E-state index is 0.0292. The summed E-state index contributed by atoms with van der Waals surface area (Å²) in [6, 6.07) is 7.63. The van der Waals surface area contributed by atoms with E-state index in [4.69, 9.17) is 16.3 Å². The number of thiophene rings is 1. The number of halogens is 1. The summed E-state index contributed by atoms with van der Waals surface area (Å²) in [6.07, 6.45) is 8.45. The van der Waals surface area contributed by atoms with Crippen LogP contribution in [0.3, 0.4) is 0 Å². The SMILES string of the molecule is COCCNc1nc2ccc(-n3cnc4cc(C5=CCC(Cl)C=C5)sc4c3=O)cc2[nH]1. The molecule has 31 heavy (non-hydrogen) atoms. The Bertz CT molecular complexity index is 1380. The fourth-order valence-electron chi connectivity index (χ4n) is 3.52. The fraction of sp³-hybridized carbons (Fsp3) is 0.227. The first-order chi connectivity index (χ1) is 15.1. The molecule has 1 aliphatic carbocycles. The van der Waals surface area contributed by atoms with Crippen LogP contribution in [0.4, 0.5) is 5.95 Å². The molecule has 9 heteroatoms. The summed E-state index contributed by atoms with van der Waals surface area (Å²) >= 11 is 7.59. The van der Waals surface area contributed by atoms with Gasteiger partial charge in [0.25, 0.3) is 5.56 Å². The molecule has 5 rings (SSSR count). The molecule has 0 saturated heterocycles. The number of ether oxygens (including phenoxy) is 1. The van der Waals surface area contributed by atoms with E-state index in [0.29, 0.717) is 29.3 Å². The third kappa shape index (κ3) is 3.89. The lowest BCUT2D eigenvalue weighted by Gasteiger charge is -2.08. The van der Waals surface area contributed by atoms with Crippen LogP contribution in [0.5, 0.6) is 0 Å². The van der Waals surface area contributed by atoms with Gasteiger partial charge in [-0.05, 0) is 36.3 Å². The number of allylic oxidation sites excluding steroid dienone is 4. The predicted molar refractivity (Wildman–Crippen MR) is 127 cm³/mol. The summed E-state index contributed by atoms with van der Waals surface area (Å²) in [7, 11) is 1.66. The number of hydrogen-bond acceptors (Lipinski definition) is 6. The van der Waals surface area contributed by atoms with Crippen molar-refractivity contribution in [3.8, 4) is 5.69 Å². The van der Waals surface area contributed by atoms with E-state index in [9.17, 15) is 4.79 Å². The van der Waals surface area contributed by atoms with Crippen LogP contribution >= 0.6 is 22.9 Å². The second kappa shape index (κ2) is 8.30. The largest absolute Gasteiger partial charge is 0.383 e. The number of benzene rings is 1. The molecule has 7 nitrogen and oxygen atoms in total. The number of hydrogen-bond donors (Lipinski definition) is 2. The van der Waals surface area contributed by atoms with Crippen molar-refractivity contribution in [2.45, 2.75) is 11.8 Å². The first-order valence-electron chi connectivity index (χ1n) is 9.89. The van der Waals surface area contributed by atoms with E-state index in [2.05, 4.69) is 26.3 Å². The van der Waals surface area contributed by atoms with Gasteiger partial charge in [-0.15, -0.1) is 22.9 Å². The average Bonchev–Trinajstić information content (AvgIpc) is 3.38. The molecular weight excluding hydrogens is 434 g/mol. The van der Waals surface area contributed by atoms with Crippen molar-refractivity contribution in [3.63, 3.8) is 0 Å². The molecule has 0 spiro atoms. The lowest BCUT2D eigenvalue weighted by molar-refractivity contribution is 0.210. The summed E-state index contributed by atoms with van der Waals surface area (Å²) < 4.78 is 7.25. The zero-order valence-electron chi connectivity index (χ0n) is 16.8. The van der Waals surface area contributed by atoms with Crippen molar-refractivity contribution >= 4 is 55.7 Å². The smallest absolute Gasteiger partial charge is 0.275 e. The van der Waals surface area contributed by atoms with E-state index >= 15 is 0 Å². The van der Waals surface area contributed by atoms with E-state index in [-0.39, 0.29) is 10.9 Å². The van der Waals surface area contributed by atoms with Crippen molar-refractivity contribution in [1.82, 2.24) is 19.5 Å². The molecule has 3 heterocycles. The average molecular weight is 454 g/mol. The van der Waals surface area contributed by atoms with E-state index in [1.54, 1.807) is 18.0 Å². The number of fused-ring (bicyclic) bond motifs is 2. The molecule has 0 fully saturated rings. The molecule has 1 unspecified atom stereocenters. The highest BCUT2D eigenvalue weighted by Gasteiger charge is 2.14. The topological polar surface area (TPSA) is 84.8 Å². The number of H-pyrrole nitrogens is 1. The van der Waals surface area contributed by atoms with Crippen LogP contribution in [0.2, 0.25) is 0 Å². The molecule has 1 aromatic carbocycles. The molecule has 0 bridgehead atoms. The van der Waals surface area contributed by atoms with Gasteiger partial charge >= 0.3 is 0 Å². The quantitative estimate of drug-likeness (QED) is 0.335. The zero-order valence-corrected chi connectivity index (χ0v) is 18.3. The standard InChI is InChI=1S/C22H20ClN5O2S/c1-30-9-8-24-22-26-16-7-6-15(10-17(16)27-22)28-12-25-18-11-19(31-20(18)21(28)29)13-2-4-14(23)5-3-13/h2-4,6-7,10-12,14H,5,8-9H2,1H3,(H2,24,26,27). The fourth-order valence-corrected chi connectivity index (χ4v) is 4.74. The number of aromatic nitrogens is 4. The van der Waals surface area contributed by atoms with Gasteiger partial charge in [0.05, 0.1) is 34.2 Å². The maximum atomic E-state index is 13.2. The Kier molecular flexibility index (Phi) is 5.35. The Morgan fingerprint density at radius 2 is 2.26 bits per heavy atom. The number of methoxy groups -OCH3 is 1. The van der Waals surface area contributed by atoms with Crippen LogP contribution in [0.15, 0.2) is 53.6 Å². The van der Waals surface area contributed by atoms with Crippen LogP contribution in [-0.4, -0.2) is 45.2 Å². The second-order valence-electron chi connectivity index (χ2n) is 7.22. The van der Waals surface area contributed by atoms with Crippen LogP contribution in [0.25, 0.3) is 32.5 Å². The van der Waals surface area contributed by atoms with Crippen molar-refractivity contribution in [2.75, 3.05) is 25.6 Å². The zero-order chi connectivity index (χ0) is 21.4. The molecule has 0 aliphatic heterocycles. The number of anilines is 1. The van der Waals surface area contributed by atoms with Gasteiger partial charge in [0.15, 0.2) is 0 Å². The molecule has 3 aromatic heterocycles. The van der Waals surface area contributed by atoms with Crippen LogP contribution in [-0.2, 0) is 4.74 Å². The molecule has 4 aromatic rings. The monoisotopic (exact) mass is 453 g/mol. The number of alkyl halides is 1. The molecule has 1 atom stereocenters. The van der Waals surface area contributed by atoms with Crippen molar-refractivity contribution in [3.05, 3.63) is 64.1 Å². The van der Waals surface area contributed by atoms with Crippen molar-refractivity contribution in [2.24, 2.45) is 0 Å². The van der Waals surface area contributed by atoms with Gasteiger partial charge in [-0.2, -0.15) is 0 Å². The third-order valence-corrected chi connectivity index (χ3v) is 6.60. The second-order valence-corrected chi connectivity index (χ2v) is 8.83. The summed E-state index contributed by atoms with van der Waals surface area (Å²) in [6.45, 7) is 1.24. The highest BCUT2D eigenvalue weighted by atomic mass is 35.5. The van der Waals surface area contributed by atoms with Crippen LogP contribution in [0.1, 0.15) is 11.3 Å². The minimum Gasteiger partial charge on any atom is -0.383 e. The number of rotatable bonds is 6. The van der Waals surface area contributed by atoms with Gasteiger partial charge in [-0.1, -0.05) is 18.2 Å². The third-order valence-electron chi connectivity index (χ3n) is 5.11. The number of nitrogens with one attached hydrogen (secondary N) is 2. The van der Waals surface area contributed by atoms with Crippen LogP contribution in [0, 0.1) is 0 Å². The minimum atomic E-state index is -0.0887. The number of aromatic amines is 1. The van der Waals surface area contributed by atoms with Crippen LogP contribution < -0.4 is 10.9 Å². The lowest BCUT2D eigenvalue weighted by atomic mass is 10.1. The molecule has 158 valence electrons. The molecule has 0 radical (unpaired) electrons. The van der Waals surface area contributed by atoms with E-state index in [1.807, 2.05) is 36.4 Å². The summed E-state index contributed by atoms with van der Waals surface area (Å²) in [5.41, 5.74) is 4.08. The maximum absolute atomic E-state index is 13.2. The normalized spacial score (nSPS) is 16.2. The number of nitrogens with zero attached hydrogens (tertiary/aromatic N) is 3. The summed E-state index contributed by atoms with van der Waals surface area (Å²) in [5, 5.41) is 3.21. The van der Waals surface area contributed by atoms with Gasteiger partial charge in [-0.25, -0.2) is 9.97 Å². The Morgan fingerprint density at radius 3 is 3.06 bits per heavy atom. The van der Waals surface area contributed by atoms with Crippen molar-refractivity contribution < 1.29 is 4.74 Å². The Morgan fingerprint density at radius 1 is 1.35 bits per heavy atom. The van der Waals surface area contributed by atoms with Gasteiger partial charge in [0.2, 0.25) is 5.95 Å². The van der Waals surface area contributed by atoms with E-state index in [1.165, 1.54) is 11.3 Å². The predicted octanol–water partition coefficient (Wildman–Crippen LogP) is 4.33. The van der Waals surface area contributed by atoms with Gasteiger partial charge in [0, 0.05) is 18.5 Å². The first-order valence-corrected chi connectivity index (χ1v) is 11.1. The van der Waals surface area contributed by atoms with E-state index < -0.39 is 0 Å². The maximum Gasteiger partial charge on any atom is 0.275 e. The van der Waals surface area contributed by atoms with Gasteiger partial charge in [0.1, 0.15) is 11.0 Å². The molecular formula is C22H20ClN5O2S. The Labute approximate surface area is 187 Å². The Hall–Kier alpha value is -2.94. The molecule has 0 amide bonds. The van der Waals surface area contributed by atoms with Gasteiger partial charge in [-0.3, -0.25) is 9.36 Å². The highest BCUT2D eigenvalue weighted by molar-refractivity contribution is 7.20. The lowest BCUT2D eigenvalue weighted by Crippen LogP contribution is -2.17. The molecule has 1 aliphatic rings. The Balaban J connectivity index is 1.49. The summed E-state index contributed by atoms with van der Waals surface area (Å²) in [5.74, 6) is 0.668. The highest BCUT2D eigenvalue weighted by Crippen LogP contribution is 2.31.